The van der Waals surface area contributed by atoms with Gasteiger partial charge >= 0.3 is 0 Å². The number of hydrogen-bond acceptors (Lipinski definition) is 6. The highest BCUT2D eigenvalue weighted by molar-refractivity contribution is 7.17. The van der Waals surface area contributed by atoms with Crippen LogP contribution in [0.25, 0.3) is 10.7 Å². The third-order valence-electron chi connectivity index (χ3n) is 4.72. The second kappa shape index (κ2) is 8.08. The molecule has 6 nitrogen and oxygen atoms in total. The Bertz CT molecular complexity index is 981. The Morgan fingerprint density at radius 2 is 2.00 bits per heavy atom. The van der Waals surface area contributed by atoms with Crippen LogP contribution in [0.5, 0.6) is 0 Å². The number of carbonyl (C=O) groups excluding carboxylic acids is 1. The maximum atomic E-state index is 12.8. The molecule has 1 N–H and O–H groups in total. The van der Waals surface area contributed by atoms with Crippen molar-refractivity contribution in [1.29, 1.82) is 0 Å². The van der Waals surface area contributed by atoms with Gasteiger partial charge in [0.05, 0.1) is 24.6 Å². The average Bonchev–Trinajstić information content (AvgIpc) is 3.12. The summed E-state index contributed by atoms with van der Waals surface area (Å²) in [6.45, 7) is 7.15. The van der Waals surface area contributed by atoms with E-state index in [0.29, 0.717) is 10.6 Å². The summed E-state index contributed by atoms with van der Waals surface area (Å²) in [7, 11) is 0. The highest BCUT2D eigenvalue weighted by Crippen LogP contribution is 2.28. The third kappa shape index (κ3) is 3.90. The zero-order valence-corrected chi connectivity index (χ0v) is 16.8. The summed E-state index contributed by atoms with van der Waals surface area (Å²) in [4.78, 5) is 24.6. The van der Waals surface area contributed by atoms with E-state index in [1.807, 2.05) is 44.2 Å². The fraction of sp³-hybridized carbons (Fsp3) is 0.286. The number of ether oxygens (including phenoxy) is 1. The molecule has 0 atom stereocenters. The van der Waals surface area contributed by atoms with Gasteiger partial charge in [-0.15, -0.1) is 11.3 Å². The van der Waals surface area contributed by atoms with E-state index in [9.17, 15) is 4.79 Å². The van der Waals surface area contributed by atoms with Crippen LogP contribution in [0, 0.1) is 13.8 Å². The molecule has 0 unspecified atom stereocenters. The highest BCUT2D eigenvalue weighted by Gasteiger charge is 2.18. The molecule has 0 aliphatic carbocycles. The van der Waals surface area contributed by atoms with Crippen LogP contribution in [0.2, 0.25) is 0 Å². The van der Waals surface area contributed by atoms with Crippen molar-refractivity contribution in [2.45, 2.75) is 13.8 Å². The van der Waals surface area contributed by atoms with Gasteiger partial charge < -0.3 is 15.0 Å². The van der Waals surface area contributed by atoms with Crippen LogP contribution in [0.3, 0.4) is 0 Å². The summed E-state index contributed by atoms with van der Waals surface area (Å²) in [6, 6.07) is 11.8. The summed E-state index contributed by atoms with van der Waals surface area (Å²) < 4.78 is 5.41. The molecule has 2 aromatic heterocycles. The molecule has 0 spiro atoms. The number of aryl methyl sites for hydroxylation is 2. The molecule has 0 bridgehead atoms. The van der Waals surface area contributed by atoms with Gasteiger partial charge in [-0.2, -0.15) is 0 Å². The second-order valence-corrected chi connectivity index (χ2v) is 7.70. The van der Waals surface area contributed by atoms with Crippen LogP contribution in [-0.4, -0.2) is 42.2 Å². The van der Waals surface area contributed by atoms with Gasteiger partial charge in [-0.25, -0.2) is 4.98 Å². The number of benzene rings is 1. The molecule has 1 amide bonds. The molecular weight excluding hydrogens is 372 g/mol. The summed E-state index contributed by atoms with van der Waals surface area (Å²) >= 11 is 1.36. The molecule has 7 heteroatoms. The molecule has 1 aliphatic rings. The zero-order valence-electron chi connectivity index (χ0n) is 15.9. The van der Waals surface area contributed by atoms with Gasteiger partial charge in [-0.3, -0.25) is 9.78 Å². The lowest BCUT2D eigenvalue weighted by Crippen LogP contribution is -2.36. The van der Waals surface area contributed by atoms with Crippen molar-refractivity contribution in [2.75, 3.05) is 36.5 Å². The number of thiazole rings is 1. The molecule has 0 saturated carbocycles. The number of rotatable bonds is 4. The second-order valence-electron chi connectivity index (χ2n) is 6.70. The number of morpholine rings is 1. The van der Waals surface area contributed by atoms with Gasteiger partial charge in [0.15, 0.2) is 0 Å². The van der Waals surface area contributed by atoms with Crippen molar-refractivity contribution in [1.82, 2.24) is 9.97 Å². The van der Waals surface area contributed by atoms with Gasteiger partial charge in [0, 0.05) is 30.7 Å². The van der Waals surface area contributed by atoms with Crippen molar-refractivity contribution < 1.29 is 9.53 Å². The van der Waals surface area contributed by atoms with Crippen molar-refractivity contribution >= 4 is 28.6 Å². The fourth-order valence-electron chi connectivity index (χ4n) is 3.19. The standard InChI is InChI=1S/C21H22N4O2S/c1-14-13-16(25-9-11-27-12-10-25)6-7-17(14)24-20(26)19-15(2)23-21(28-19)18-5-3-4-8-22-18/h3-8,13H,9-12H2,1-2H3,(H,24,26). The Morgan fingerprint density at radius 1 is 1.18 bits per heavy atom. The lowest BCUT2D eigenvalue weighted by atomic mass is 10.1. The Kier molecular flexibility index (Phi) is 5.36. The normalized spacial score (nSPS) is 14.1. The van der Waals surface area contributed by atoms with E-state index in [4.69, 9.17) is 4.74 Å². The SMILES string of the molecule is Cc1cc(N2CCOCC2)ccc1NC(=O)c1sc(-c2ccccn2)nc1C. The predicted molar refractivity (Wildman–Crippen MR) is 112 cm³/mol. The summed E-state index contributed by atoms with van der Waals surface area (Å²) in [5.41, 5.74) is 4.50. The van der Waals surface area contributed by atoms with E-state index in [0.717, 1.165) is 53.9 Å². The maximum Gasteiger partial charge on any atom is 0.267 e. The van der Waals surface area contributed by atoms with Crippen LogP contribution in [-0.2, 0) is 4.74 Å². The molecule has 1 aliphatic heterocycles. The highest BCUT2D eigenvalue weighted by atomic mass is 32.1. The van der Waals surface area contributed by atoms with Crippen molar-refractivity contribution in [3.05, 3.63) is 58.7 Å². The number of carbonyl (C=O) groups is 1. The van der Waals surface area contributed by atoms with Gasteiger partial charge in [0.2, 0.25) is 0 Å². The number of hydrogen-bond donors (Lipinski definition) is 1. The summed E-state index contributed by atoms with van der Waals surface area (Å²) in [5, 5.41) is 3.78. The van der Waals surface area contributed by atoms with Gasteiger partial charge in [-0.05, 0) is 49.7 Å². The summed E-state index contributed by atoms with van der Waals surface area (Å²) in [5.74, 6) is -0.139. The first-order valence-corrected chi connectivity index (χ1v) is 10.1. The lowest BCUT2D eigenvalue weighted by molar-refractivity contribution is 0.102. The first-order chi connectivity index (χ1) is 13.6. The molecule has 1 fully saturated rings. The van der Waals surface area contributed by atoms with Crippen molar-refractivity contribution in [3.63, 3.8) is 0 Å². The van der Waals surface area contributed by atoms with Gasteiger partial charge in [0.1, 0.15) is 9.88 Å². The number of amides is 1. The van der Waals surface area contributed by atoms with E-state index in [1.54, 1.807) is 6.20 Å². The molecule has 4 rings (SSSR count). The average molecular weight is 395 g/mol. The Hall–Kier alpha value is -2.77. The van der Waals surface area contributed by atoms with E-state index in [-0.39, 0.29) is 5.91 Å². The molecule has 0 radical (unpaired) electrons. The largest absolute Gasteiger partial charge is 0.378 e. The minimum atomic E-state index is -0.139. The minimum Gasteiger partial charge on any atom is -0.378 e. The van der Waals surface area contributed by atoms with Crippen LogP contribution in [0.1, 0.15) is 20.9 Å². The van der Waals surface area contributed by atoms with Gasteiger partial charge in [0.25, 0.3) is 5.91 Å². The van der Waals surface area contributed by atoms with Crippen molar-refractivity contribution in [3.8, 4) is 10.7 Å². The Balaban J connectivity index is 1.51. The van der Waals surface area contributed by atoms with Crippen LogP contribution < -0.4 is 10.2 Å². The van der Waals surface area contributed by atoms with Crippen LogP contribution in [0.4, 0.5) is 11.4 Å². The number of nitrogens with zero attached hydrogens (tertiary/aromatic N) is 3. The monoisotopic (exact) mass is 394 g/mol. The van der Waals surface area contributed by atoms with Crippen LogP contribution >= 0.6 is 11.3 Å². The van der Waals surface area contributed by atoms with Gasteiger partial charge in [-0.1, -0.05) is 6.07 Å². The maximum absolute atomic E-state index is 12.8. The molecule has 1 aromatic carbocycles. The fourth-order valence-corrected chi connectivity index (χ4v) is 4.13. The third-order valence-corrected chi connectivity index (χ3v) is 5.90. The van der Waals surface area contributed by atoms with E-state index >= 15 is 0 Å². The summed E-state index contributed by atoms with van der Waals surface area (Å²) in [6.07, 6.45) is 1.73. The number of anilines is 2. The molecule has 3 heterocycles. The quantitative estimate of drug-likeness (QED) is 0.727. The van der Waals surface area contributed by atoms with E-state index in [2.05, 4.69) is 26.3 Å². The number of aromatic nitrogens is 2. The van der Waals surface area contributed by atoms with Crippen LogP contribution in [0.15, 0.2) is 42.6 Å². The molecule has 3 aromatic rings. The lowest BCUT2D eigenvalue weighted by Gasteiger charge is -2.29. The zero-order chi connectivity index (χ0) is 19.5. The number of nitrogens with one attached hydrogen (secondary N) is 1. The molecule has 144 valence electrons. The Labute approximate surface area is 168 Å². The Morgan fingerprint density at radius 3 is 2.71 bits per heavy atom. The number of pyridine rings is 1. The molecular formula is C21H22N4O2S. The molecule has 28 heavy (non-hydrogen) atoms. The smallest absolute Gasteiger partial charge is 0.267 e. The van der Waals surface area contributed by atoms with E-state index in [1.165, 1.54) is 11.3 Å². The predicted octanol–water partition coefficient (Wildman–Crippen LogP) is 3.91. The topological polar surface area (TPSA) is 67.3 Å². The molecule has 1 saturated heterocycles. The first kappa shape index (κ1) is 18.6. The van der Waals surface area contributed by atoms with E-state index < -0.39 is 0 Å². The minimum absolute atomic E-state index is 0.139. The first-order valence-electron chi connectivity index (χ1n) is 9.25. The van der Waals surface area contributed by atoms with Crippen molar-refractivity contribution in [2.24, 2.45) is 0 Å².